The number of rotatable bonds is 4. The number of hydrogen-bond acceptors (Lipinski definition) is 6. The van der Waals surface area contributed by atoms with Gasteiger partial charge in [-0.15, -0.1) is 11.3 Å². The summed E-state index contributed by atoms with van der Waals surface area (Å²) in [5, 5.41) is 1.76. The van der Waals surface area contributed by atoms with Gasteiger partial charge in [-0.2, -0.15) is 0 Å². The van der Waals surface area contributed by atoms with Crippen LogP contribution in [0.15, 0.2) is 46.7 Å². The highest BCUT2D eigenvalue weighted by molar-refractivity contribution is 7.15. The molecule has 0 aliphatic carbocycles. The Morgan fingerprint density at radius 3 is 2.86 bits per heavy atom. The minimum atomic E-state index is -0.445. The molecule has 0 spiro atoms. The summed E-state index contributed by atoms with van der Waals surface area (Å²) in [7, 11) is 0. The van der Waals surface area contributed by atoms with Crippen molar-refractivity contribution in [1.29, 1.82) is 0 Å². The van der Waals surface area contributed by atoms with Gasteiger partial charge < -0.3 is 9.64 Å². The Bertz CT molecular complexity index is 1110. The number of hydrogen-bond donors (Lipinski definition) is 0. The van der Waals surface area contributed by atoms with Gasteiger partial charge in [0.25, 0.3) is 11.5 Å². The van der Waals surface area contributed by atoms with Crippen molar-refractivity contribution in [1.82, 2.24) is 14.3 Å². The maximum atomic E-state index is 13.1. The van der Waals surface area contributed by atoms with Gasteiger partial charge in [0.1, 0.15) is 12.4 Å². The summed E-state index contributed by atoms with van der Waals surface area (Å²) < 4.78 is 19.9. The Hall–Kier alpha value is -3.07. The summed E-state index contributed by atoms with van der Waals surface area (Å²) in [5.41, 5.74) is 0.547. The lowest BCUT2D eigenvalue weighted by atomic mass is 9.97. The van der Waals surface area contributed by atoms with Crippen molar-refractivity contribution in [3.8, 4) is 0 Å². The van der Waals surface area contributed by atoms with Gasteiger partial charge >= 0.3 is 5.97 Å². The lowest BCUT2D eigenvalue weighted by Crippen LogP contribution is -2.42. The Morgan fingerprint density at radius 1 is 1.28 bits per heavy atom. The van der Waals surface area contributed by atoms with E-state index in [1.165, 1.54) is 46.1 Å². The van der Waals surface area contributed by atoms with Crippen molar-refractivity contribution in [2.24, 2.45) is 5.92 Å². The summed E-state index contributed by atoms with van der Waals surface area (Å²) in [4.78, 5) is 43.5. The molecule has 1 aliphatic heterocycles. The molecule has 0 radical (unpaired) electrons. The first kappa shape index (κ1) is 19.3. The van der Waals surface area contributed by atoms with E-state index in [4.69, 9.17) is 4.74 Å². The van der Waals surface area contributed by atoms with Crippen LogP contribution in [0.4, 0.5) is 4.39 Å². The normalized spacial score (nSPS) is 16.7. The standard InChI is InChI=1S/C20H18FN3O4S/c21-15-5-3-13(4-6-15)18(26)23-7-1-2-14(11-23)19(27)28-12-16-10-17(25)24-8-9-29-20(24)22-16/h3-6,8-10,14H,1-2,7,11-12H2. The predicted octanol–water partition coefficient (Wildman–Crippen LogP) is 2.49. The van der Waals surface area contributed by atoms with Crippen LogP contribution >= 0.6 is 11.3 Å². The van der Waals surface area contributed by atoms with E-state index in [0.717, 1.165) is 0 Å². The number of thiazole rings is 1. The quantitative estimate of drug-likeness (QED) is 0.612. The van der Waals surface area contributed by atoms with E-state index >= 15 is 0 Å². The number of ether oxygens (including phenoxy) is 1. The summed E-state index contributed by atoms with van der Waals surface area (Å²) in [5.74, 6) is -1.51. The molecule has 7 nitrogen and oxygen atoms in total. The predicted molar refractivity (Wildman–Crippen MR) is 104 cm³/mol. The Kier molecular flexibility index (Phi) is 5.39. The number of carbonyl (C=O) groups excluding carboxylic acids is 2. The van der Waals surface area contributed by atoms with Crippen molar-refractivity contribution in [3.05, 3.63) is 69.3 Å². The Balaban J connectivity index is 1.38. The molecule has 29 heavy (non-hydrogen) atoms. The lowest BCUT2D eigenvalue weighted by Gasteiger charge is -2.31. The molecule has 2 aromatic heterocycles. The van der Waals surface area contributed by atoms with Gasteiger partial charge in [-0.25, -0.2) is 9.37 Å². The monoisotopic (exact) mass is 415 g/mol. The van der Waals surface area contributed by atoms with Crippen LogP contribution in [0.1, 0.15) is 28.9 Å². The van der Waals surface area contributed by atoms with Gasteiger partial charge in [0.2, 0.25) is 0 Å². The largest absolute Gasteiger partial charge is 0.459 e. The average Bonchev–Trinajstić information content (AvgIpc) is 3.21. The molecule has 1 aromatic carbocycles. The average molecular weight is 415 g/mol. The maximum Gasteiger partial charge on any atom is 0.311 e. The van der Waals surface area contributed by atoms with E-state index < -0.39 is 17.7 Å². The number of benzene rings is 1. The summed E-state index contributed by atoms with van der Waals surface area (Å²) in [6.07, 6.45) is 2.93. The highest BCUT2D eigenvalue weighted by Gasteiger charge is 2.30. The van der Waals surface area contributed by atoms with Crippen molar-refractivity contribution in [2.45, 2.75) is 19.4 Å². The molecule has 0 saturated carbocycles. The molecule has 1 fully saturated rings. The van der Waals surface area contributed by atoms with Crippen molar-refractivity contribution < 1.29 is 18.7 Å². The first-order valence-electron chi connectivity index (χ1n) is 9.18. The number of aromatic nitrogens is 2. The molecule has 1 saturated heterocycles. The van der Waals surface area contributed by atoms with Crippen LogP contribution in [-0.4, -0.2) is 39.3 Å². The SMILES string of the molecule is O=C(OCc1cc(=O)n2ccsc2n1)C1CCCN(C(=O)c2ccc(F)cc2)C1. The molecule has 3 aromatic rings. The number of likely N-dealkylation sites (tertiary alicyclic amines) is 1. The van der Waals surface area contributed by atoms with E-state index in [1.807, 2.05) is 0 Å². The molecule has 3 heterocycles. The van der Waals surface area contributed by atoms with E-state index in [2.05, 4.69) is 4.98 Å². The molecule has 150 valence electrons. The second-order valence-corrected chi connectivity index (χ2v) is 7.72. The topological polar surface area (TPSA) is 81.0 Å². The van der Waals surface area contributed by atoms with Gasteiger partial charge in [0, 0.05) is 36.3 Å². The first-order valence-corrected chi connectivity index (χ1v) is 10.1. The zero-order chi connectivity index (χ0) is 20.4. The third kappa shape index (κ3) is 4.19. The fourth-order valence-corrected chi connectivity index (χ4v) is 4.09. The zero-order valence-electron chi connectivity index (χ0n) is 15.4. The highest BCUT2D eigenvalue weighted by Crippen LogP contribution is 2.20. The van der Waals surface area contributed by atoms with E-state index in [9.17, 15) is 18.8 Å². The first-order chi connectivity index (χ1) is 14.0. The Labute approximate surface area is 169 Å². The van der Waals surface area contributed by atoms with E-state index in [-0.39, 0.29) is 24.6 Å². The third-order valence-corrected chi connectivity index (χ3v) is 5.61. The number of halogens is 1. The molecule has 1 unspecified atom stereocenters. The number of nitrogens with zero attached hydrogens (tertiary/aromatic N) is 3. The van der Waals surface area contributed by atoms with Gasteiger partial charge in [0.05, 0.1) is 11.6 Å². The van der Waals surface area contributed by atoms with Gasteiger partial charge in [-0.1, -0.05) is 0 Å². The molecule has 1 amide bonds. The molecule has 0 N–H and O–H groups in total. The molecule has 1 aliphatic rings. The van der Waals surface area contributed by atoms with Crippen molar-refractivity contribution in [2.75, 3.05) is 13.1 Å². The van der Waals surface area contributed by atoms with Crippen LogP contribution in [0.25, 0.3) is 4.96 Å². The minimum Gasteiger partial charge on any atom is -0.459 e. The lowest BCUT2D eigenvalue weighted by molar-refractivity contribution is -0.151. The van der Waals surface area contributed by atoms with Gasteiger partial charge in [0.15, 0.2) is 4.96 Å². The second-order valence-electron chi connectivity index (χ2n) is 6.85. The van der Waals surface area contributed by atoms with Crippen LogP contribution < -0.4 is 5.56 Å². The number of amides is 1. The van der Waals surface area contributed by atoms with Crippen molar-refractivity contribution in [3.63, 3.8) is 0 Å². The molecule has 1 atom stereocenters. The molecular formula is C20H18FN3O4S. The van der Waals surface area contributed by atoms with Crippen LogP contribution in [0.3, 0.4) is 0 Å². The van der Waals surface area contributed by atoms with Crippen molar-refractivity contribution >= 4 is 28.2 Å². The fraction of sp³-hybridized carbons (Fsp3) is 0.300. The minimum absolute atomic E-state index is 0.0924. The Morgan fingerprint density at radius 2 is 2.07 bits per heavy atom. The van der Waals surface area contributed by atoms with Gasteiger partial charge in [-0.05, 0) is 37.1 Å². The van der Waals surface area contributed by atoms with Crippen LogP contribution in [0, 0.1) is 11.7 Å². The second kappa shape index (κ2) is 8.12. The number of carbonyl (C=O) groups is 2. The highest BCUT2D eigenvalue weighted by atomic mass is 32.1. The molecule has 0 bridgehead atoms. The van der Waals surface area contributed by atoms with E-state index in [0.29, 0.717) is 35.6 Å². The van der Waals surface area contributed by atoms with Crippen LogP contribution in [0.5, 0.6) is 0 Å². The summed E-state index contributed by atoms with van der Waals surface area (Å²) in [6, 6.07) is 6.69. The summed E-state index contributed by atoms with van der Waals surface area (Å²) in [6.45, 7) is 0.688. The smallest absolute Gasteiger partial charge is 0.311 e. The maximum absolute atomic E-state index is 13.1. The number of piperidine rings is 1. The fourth-order valence-electron chi connectivity index (χ4n) is 3.35. The van der Waals surface area contributed by atoms with Crippen LogP contribution in [0.2, 0.25) is 0 Å². The van der Waals surface area contributed by atoms with Gasteiger partial charge in [-0.3, -0.25) is 18.8 Å². The third-order valence-electron chi connectivity index (χ3n) is 4.85. The number of esters is 1. The molecule has 9 heteroatoms. The molecule has 4 rings (SSSR count). The summed E-state index contributed by atoms with van der Waals surface area (Å²) >= 11 is 1.32. The zero-order valence-corrected chi connectivity index (χ0v) is 16.2. The molecular weight excluding hydrogens is 397 g/mol. The van der Waals surface area contributed by atoms with Crippen LogP contribution in [-0.2, 0) is 16.1 Å². The van der Waals surface area contributed by atoms with E-state index in [1.54, 1.807) is 16.5 Å². The number of fused-ring (bicyclic) bond motifs is 1.